The van der Waals surface area contributed by atoms with Crippen molar-refractivity contribution in [3.63, 3.8) is 0 Å². The fraction of sp³-hybridized carbons (Fsp3) is 0.588. The van der Waals surface area contributed by atoms with Gasteiger partial charge >= 0.3 is 0 Å². The lowest BCUT2D eigenvalue weighted by Gasteiger charge is -2.24. The third-order valence-electron chi connectivity index (χ3n) is 4.16. The van der Waals surface area contributed by atoms with Crippen molar-refractivity contribution in [1.82, 2.24) is 24.9 Å². The molecule has 0 bridgehead atoms. The average Bonchev–Trinajstić information content (AvgIpc) is 3.20. The Bertz CT molecular complexity index is 594. The summed E-state index contributed by atoms with van der Waals surface area (Å²) in [6.45, 7) is 7.69. The molecular formula is C17H25N5O. The number of hydrogen-bond acceptors (Lipinski definition) is 6. The zero-order valence-electron chi connectivity index (χ0n) is 14.0. The van der Waals surface area contributed by atoms with Gasteiger partial charge in [0.1, 0.15) is 5.69 Å². The first-order valence-electron chi connectivity index (χ1n) is 8.35. The lowest BCUT2D eigenvalue weighted by Crippen LogP contribution is -2.32. The number of likely N-dealkylation sites (tertiary alicyclic amines) is 1. The van der Waals surface area contributed by atoms with Gasteiger partial charge in [-0.2, -0.15) is 4.98 Å². The number of pyridine rings is 1. The lowest BCUT2D eigenvalue weighted by atomic mass is 10.1. The van der Waals surface area contributed by atoms with Crippen molar-refractivity contribution in [2.75, 3.05) is 33.2 Å². The Labute approximate surface area is 137 Å². The van der Waals surface area contributed by atoms with Crippen LogP contribution in [-0.4, -0.2) is 58.2 Å². The molecule has 3 rings (SSSR count). The van der Waals surface area contributed by atoms with Gasteiger partial charge in [-0.1, -0.05) is 18.1 Å². The molecule has 2 aromatic heterocycles. The summed E-state index contributed by atoms with van der Waals surface area (Å²) in [4.78, 5) is 13.5. The van der Waals surface area contributed by atoms with Gasteiger partial charge in [0.25, 0.3) is 0 Å². The second-order valence-electron chi connectivity index (χ2n) is 6.54. The molecule has 0 aliphatic carbocycles. The molecule has 1 unspecified atom stereocenters. The van der Waals surface area contributed by atoms with Crippen LogP contribution in [0.1, 0.15) is 25.7 Å². The SMILES string of the molecule is CC(CN(C)Cc1nc(-c2ccccn2)no1)CN1CCCC1. The predicted octanol–water partition coefficient (Wildman–Crippen LogP) is 2.30. The van der Waals surface area contributed by atoms with E-state index in [9.17, 15) is 0 Å². The smallest absolute Gasteiger partial charge is 0.241 e. The van der Waals surface area contributed by atoms with Crippen LogP contribution in [0.3, 0.4) is 0 Å². The molecule has 0 spiro atoms. The Balaban J connectivity index is 1.49. The van der Waals surface area contributed by atoms with Gasteiger partial charge in [0.15, 0.2) is 0 Å². The third kappa shape index (κ3) is 4.59. The van der Waals surface area contributed by atoms with Crippen LogP contribution in [0.2, 0.25) is 0 Å². The highest BCUT2D eigenvalue weighted by atomic mass is 16.5. The molecule has 23 heavy (non-hydrogen) atoms. The molecule has 0 saturated carbocycles. The van der Waals surface area contributed by atoms with E-state index in [1.165, 1.54) is 32.5 Å². The fourth-order valence-corrected chi connectivity index (χ4v) is 3.21. The Morgan fingerprint density at radius 1 is 1.30 bits per heavy atom. The van der Waals surface area contributed by atoms with E-state index in [0.717, 1.165) is 12.2 Å². The van der Waals surface area contributed by atoms with E-state index in [-0.39, 0.29) is 0 Å². The number of nitrogens with zero attached hydrogens (tertiary/aromatic N) is 5. The number of rotatable bonds is 7. The summed E-state index contributed by atoms with van der Waals surface area (Å²) in [5.74, 6) is 1.83. The number of aromatic nitrogens is 3. The molecule has 1 fully saturated rings. The maximum Gasteiger partial charge on any atom is 0.241 e. The first-order chi connectivity index (χ1) is 11.2. The predicted molar refractivity (Wildman–Crippen MR) is 88.7 cm³/mol. The molecule has 1 saturated heterocycles. The second kappa shape index (κ2) is 7.66. The molecule has 6 heteroatoms. The Hall–Kier alpha value is -1.79. The highest BCUT2D eigenvalue weighted by Gasteiger charge is 2.17. The second-order valence-corrected chi connectivity index (χ2v) is 6.54. The van der Waals surface area contributed by atoms with Crippen molar-refractivity contribution in [2.24, 2.45) is 5.92 Å². The lowest BCUT2D eigenvalue weighted by molar-refractivity contribution is 0.204. The van der Waals surface area contributed by atoms with Crippen LogP contribution in [0.25, 0.3) is 11.5 Å². The van der Waals surface area contributed by atoms with Crippen LogP contribution >= 0.6 is 0 Å². The van der Waals surface area contributed by atoms with E-state index in [0.29, 0.717) is 24.2 Å². The summed E-state index contributed by atoms with van der Waals surface area (Å²) in [5.41, 5.74) is 0.743. The average molecular weight is 315 g/mol. The van der Waals surface area contributed by atoms with Gasteiger partial charge in [0.2, 0.25) is 11.7 Å². The largest absolute Gasteiger partial charge is 0.337 e. The van der Waals surface area contributed by atoms with E-state index in [1.807, 2.05) is 18.2 Å². The first-order valence-corrected chi connectivity index (χ1v) is 8.35. The maximum atomic E-state index is 5.35. The van der Waals surface area contributed by atoms with Crippen LogP contribution in [0.15, 0.2) is 28.9 Å². The first kappa shape index (κ1) is 16.1. The van der Waals surface area contributed by atoms with Gasteiger partial charge in [-0.05, 0) is 51.0 Å². The van der Waals surface area contributed by atoms with Crippen molar-refractivity contribution in [2.45, 2.75) is 26.3 Å². The van der Waals surface area contributed by atoms with Crippen LogP contribution < -0.4 is 0 Å². The minimum atomic E-state index is 0.555. The van der Waals surface area contributed by atoms with Crippen LogP contribution in [-0.2, 0) is 6.54 Å². The normalized spacial score (nSPS) is 17.0. The minimum Gasteiger partial charge on any atom is -0.337 e. The molecule has 0 amide bonds. The Morgan fingerprint density at radius 3 is 2.87 bits per heavy atom. The van der Waals surface area contributed by atoms with E-state index in [1.54, 1.807) is 6.20 Å². The topological polar surface area (TPSA) is 58.3 Å². The molecule has 6 nitrogen and oxygen atoms in total. The van der Waals surface area contributed by atoms with Gasteiger partial charge in [-0.3, -0.25) is 9.88 Å². The monoisotopic (exact) mass is 315 g/mol. The molecule has 1 aliphatic heterocycles. The minimum absolute atomic E-state index is 0.555. The van der Waals surface area contributed by atoms with Crippen molar-refractivity contribution >= 4 is 0 Å². The summed E-state index contributed by atoms with van der Waals surface area (Å²) in [6.07, 6.45) is 4.43. The van der Waals surface area contributed by atoms with Crippen molar-refractivity contribution in [3.05, 3.63) is 30.3 Å². The van der Waals surface area contributed by atoms with Gasteiger partial charge in [-0.25, -0.2) is 0 Å². The van der Waals surface area contributed by atoms with Gasteiger partial charge < -0.3 is 9.42 Å². The standard InChI is InChI=1S/C17H25N5O/c1-14(12-22-9-5-6-10-22)11-21(2)13-16-19-17(20-23-16)15-7-3-4-8-18-15/h3-4,7-8,14H,5-6,9-13H2,1-2H3. The van der Waals surface area contributed by atoms with Crippen LogP contribution in [0.4, 0.5) is 0 Å². The van der Waals surface area contributed by atoms with Crippen molar-refractivity contribution < 1.29 is 4.52 Å². The molecule has 124 valence electrons. The number of hydrogen-bond donors (Lipinski definition) is 0. The Kier molecular flexibility index (Phi) is 5.35. The van der Waals surface area contributed by atoms with Gasteiger partial charge in [0, 0.05) is 19.3 Å². The van der Waals surface area contributed by atoms with Gasteiger partial charge in [-0.15, -0.1) is 0 Å². The molecule has 2 aromatic rings. The van der Waals surface area contributed by atoms with E-state index >= 15 is 0 Å². The highest BCUT2D eigenvalue weighted by molar-refractivity contribution is 5.46. The van der Waals surface area contributed by atoms with E-state index in [2.05, 4.69) is 38.9 Å². The molecule has 3 heterocycles. The summed E-state index contributed by atoms with van der Waals surface area (Å²) < 4.78 is 5.35. The molecule has 1 aliphatic rings. The molecule has 0 N–H and O–H groups in total. The van der Waals surface area contributed by atoms with Crippen molar-refractivity contribution in [3.8, 4) is 11.5 Å². The zero-order chi connectivity index (χ0) is 16.1. The summed E-state index contributed by atoms with van der Waals surface area (Å²) in [6, 6.07) is 5.68. The van der Waals surface area contributed by atoms with Crippen molar-refractivity contribution in [1.29, 1.82) is 0 Å². The van der Waals surface area contributed by atoms with E-state index < -0.39 is 0 Å². The third-order valence-corrected chi connectivity index (χ3v) is 4.16. The Morgan fingerprint density at radius 2 is 2.13 bits per heavy atom. The summed E-state index contributed by atoms with van der Waals surface area (Å²) in [5, 5.41) is 4.02. The fourth-order valence-electron chi connectivity index (χ4n) is 3.21. The molecule has 0 radical (unpaired) electrons. The quantitative estimate of drug-likeness (QED) is 0.781. The highest BCUT2D eigenvalue weighted by Crippen LogP contribution is 2.14. The van der Waals surface area contributed by atoms with Crippen LogP contribution in [0.5, 0.6) is 0 Å². The van der Waals surface area contributed by atoms with Crippen LogP contribution in [0, 0.1) is 5.92 Å². The maximum absolute atomic E-state index is 5.35. The van der Waals surface area contributed by atoms with Gasteiger partial charge in [0.05, 0.1) is 6.54 Å². The summed E-state index contributed by atoms with van der Waals surface area (Å²) in [7, 11) is 2.10. The zero-order valence-corrected chi connectivity index (χ0v) is 14.0. The molecule has 0 aromatic carbocycles. The molecule has 1 atom stereocenters. The molecular weight excluding hydrogens is 290 g/mol. The van der Waals surface area contributed by atoms with E-state index in [4.69, 9.17) is 4.52 Å². The summed E-state index contributed by atoms with van der Waals surface area (Å²) >= 11 is 0.